The van der Waals surface area contributed by atoms with Crippen LogP contribution in [0.15, 0.2) is 36.5 Å². The Labute approximate surface area is 149 Å². The Bertz CT molecular complexity index is 676. The van der Waals surface area contributed by atoms with E-state index in [0.29, 0.717) is 6.54 Å². The number of H-pyrrole nitrogens is 1. The van der Waals surface area contributed by atoms with Gasteiger partial charge in [-0.25, -0.2) is 4.98 Å². The molecule has 0 bridgehead atoms. The molecule has 0 radical (unpaired) electrons. The minimum atomic E-state index is -0.247. The van der Waals surface area contributed by atoms with Crippen molar-refractivity contribution in [2.75, 3.05) is 44.2 Å². The van der Waals surface area contributed by atoms with Crippen molar-refractivity contribution in [3.63, 3.8) is 0 Å². The number of carbonyl (C=O) groups is 1. The summed E-state index contributed by atoms with van der Waals surface area (Å²) < 4.78 is 0. The molecule has 0 spiro atoms. The zero-order valence-electron chi connectivity index (χ0n) is 15.0. The molecule has 1 fully saturated rings. The van der Waals surface area contributed by atoms with Crippen molar-refractivity contribution in [2.45, 2.75) is 19.8 Å². The van der Waals surface area contributed by atoms with Crippen LogP contribution in [0.2, 0.25) is 0 Å². The molecule has 6 nitrogen and oxygen atoms in total. The fourth-order valence-electron chi connectivity index (χ4n) is 3.14. The van der Waals surface area contributed by atoms with Gasteiger partial charge in [0, 0.05) is 56.8 Å². The van der Waals surface area contributed by atoms with Gasteiger partial charge in [-0.2, -0.15) is 0 Å². The molecule has 6 heteroatoms. The number of nitrogens with zero attached hydrogens (tertiary/aromatic N) is 3. The number of hydrogen-bond donors (Lipinski definition) is 2. The number of carbonyl (C=O) groups excluding carboxylic acids is 1. The first-order valence-electron chi connectivity index (χ1n) is 8.95. The number of aromatic nitrogens is 2. The molecule has 1 unspecified atom stereocenters. The number of aromatic amines is 1. The van der Waals surface area contributed by atoms with E-state index in [1.165, 1.54) is 5.69 Å². The van der Waals surface area contributed by atoms with Crippen LogP contribution in [-0.2, 0) is 4.79 Å². The Morgan fingerprint density at radius 2 is 1.96 bits per heavy atom. The maximum atomic E-state index is 12.2. The Balaban J connectivity index is 1.38. The summed E-state index contributed by atoms with van der Waals surface area (Å²) in [5.74, 6) is 0.507. The van der Waals surface area contributed by atoms with Crippen molar-refractivity contribution in [2.24, 2.45) is 0 Å². The maximum absolute atomic E-state index is 12.2. The maximum Gasteiger partial charge on any atom is 0.230 e. The standard InChI is InChI=1S/C19H27N5O/c1-15-14-21-18(22-15)16(2)19(25)20-8-9-23-10-12-24(13-11-23)17-6-4-3-5-7-17/h3-7,14,16H,8-13H2,1-2H3,(H,20,25)(H,21,22). The van der Waals surface area contributed by atoms with Gasteiger partial charge in [-0.1, -0.05) is 18.2 Å². The number of imidazole rings is 1. The second-order valence-electron chi connectivity index (χ2n) is 6.63. The van der Waals surface area contributed by atoms with Gasteiger partial charge in [-0.15, -0.1) is 0 Å². The smallest absolute Gasteiger partial charge is 0.230 e. The van der Waals surface area contributed by atoms with E-state index in [-0.39, 0.29) is 11.8 Å². The van der Waals surface area contributed by atoms with Gasteiger partial charge in [0.05, 0.1) is 5.92 Å². The molecule has 25 heavy (non-hydrogen) atoms. The minimum Gasteiger partial charge on any atom is -0.369 e. The van der Waals surface area contributed by atoms with Gasteiger partial charge in [0.1, 0.15) is 5.82 Å². The molecule has 134 valence electrons. The van der Waals surface area contributed by atoms with Crippen LogP contribution in [0.25, 0.3) is 0 Å². The van der Waals surface area contributed by atoms with E-state index in [0.717, 1.165) is 44.2 Å². The highest BCUT2D eigenvalue weighted by Gasteiger charge is 2.19. The highest BCUT2D eigenvalue weighted by atomic mass is 16.1. The lowest BCUT2D eigenvalue weighted by molar-refractivity contribution is -0.122. The summed E-state index contributed by atoms with van der Waals surface area (Å²) in [5, 5.41) is 3.03. The van der Waals surface area contributed by atoms with Gasteiger partial charge in [0.2, 0.25) is 5.91 Å². The Morgan fingerprint density at radius 3 is 2.60 bits per heavy atom. The number of amides is 1. The predicted molar refractivity (Wildman–Crippen MR) is 99.8 cm³/mol. The molecule has 0 saturated carbocycles. The van der Waals surface area contributed by atoms with Gasteiger partial charge in [-0.05, 0) is 26.0 Å². The van der Waals surface area contributed by atoms with E-state index >= 15 is 0 Å². The molecular formula is C19H27N5O. The fourth-order valence-corrected chi connectivity index (χ4v) is 3.14. The molecule has 1 amide bonds. The van der Waals surface area contributed by atoms with Crippen LogP contribution in [-0.4, -0.2) is 60.0 Å². The molecule has 1 aliphatic rings. The van der Waals surface area contributed by atoms with E-state index in [1.807, 2.05) is 19.9 Å². The number of para-hydroxylation sites is 1. The Morgan fingerprint density at radius 1 is 1.24 bits per heavy atom. The summed E-state index contributed by atoms with van der Waals surface area (Å²) in [6, 6.07) is 10.5. The molecule has 2 N–H and O–H groups in total. The summed E-state index contributed by atoms with van der Waals surface area (Å²) >= 11 is 0. The molecule has 1 aromatic heterocycles. The molecule has 1 aromatic carbocycles. The number of aryl methyl sites for hydroxylation is 1. The number of hydrogen-bond acceptors (Lipinski definition) is 4. The van der Waals surface area contributed by atoms with Crippen LogP contribution >= 0.6 is 0 Å². The second kappa shape index (κ2) is 8.16. The number of benzene rings is 1. The van der Waals surface area contributed by atoms with Crippen LogP contribution in [0.5, 0.6) is 0 Å². The van der Waals surface area contributed by atoms with Gasteiger partial charge < -0.3 is 15.2 Å². The number of rotatable bonds is 6. The van der Waals surface area contributed by atoms with Crippen LogP contribution in [0.3, 0.4) is 0 Å². The predicted octanol–water partition coefficient (Wildman–Crippen LogP) is 1.76. The third-order valence-corrected chi connectivity index (χ3v) is 4.75. The number of anilines is 1. The van der Waals surface area contributed by atoms with Crippen LogP contribution in [0.4, 0.5) is 5.69 Å². The number of piperazine rings is 1. The third kappa shape index (κ3) is 4.60. The van der Waals surface area contributed by atoms with Gasteiger partial charge in [0.25, 0.3) is 0 Å². The van der Waals surface area contributed by atoms with Gasteiger partial charge >= 0.3 is 0 Å². The number of nitrogens with one attached hydrogen (secondary N) is 2. The topological polar surface area (TPSA) is 64.3 Å². The highest BCUT2D eigenvalue weighted by Crippen LogP contribution is 2.15. The molecule has 2 aromatic rings. The molecule has 3 rings (SSSR count). The third-order valence-electron chi connectivity index (χ3n) is 4.75. The first kappa shape index (κ1) is 17.5. The lowest BCUT2D eigenvalue weighted by atomic mass is 10.1. The molecule has 1 atom stereocenters. The fraction of sp³-hybridized carbons (Fsp3) is 0.474. The zero-order valence-corrected chi connectivity index (χ0v) is 15.0. The SMILES string of the molecule is Cc1cnc(C(C)C(=O)NCCN2CCN(c3ccccc3)CC2)[nH]1. The monoisotopic (exact) mass is 341 g/mol. The van der Waals surface area contributed by atoms with Crippen molar-refractivity contribution in [3.8, 4) is 0 Å². The highest BCUT2D eigenvalue weighted by molar-refractivity contribution is 5.82. The normalized spacial score (nSPS) is 16.6. The van der Waals surface area contributed by atoms with E-state index in [4.69, 9.17) is 0 Å². The molecule has 1 saturated heterocycles. The summed E-state index contributed by atoms with van der Waals surface area (Å²) in [6.45, 7) is 9.49. The van der Waals surface area contributed by atoms with Crippen molar-refractivity contribution in [3.05, 3.63) is 48.0 Å². The van der Waals surface area contributed by atoms with Gasteiger partial charge in [0.15, 0.2) is 0 Å². The van der Waals surface area contributed by atoms with Crippen LogP contribution < -0.4 is 10.2 Å². The van der Waals surface area contributed by atoms with E-state index in [1.54, 1.807) is 6.20 Å². The average Bonchev–Trinajstić information content (AvgIpc) is 3.08. The molecule has 0 aliphatic carbocycles. The van der Waals surface area contributed by atoms with E-state index < -0.39 is 0 Å². The van der Waals surface area contributed by atoms with Crippen LogP contribution in [0, 0.1) is 6.92 Å². The lowest BCUT2D eigenvalue weighted by Crippen LogP contribution is -2.48. The second-order valence-corrected chi connectivity index (χ2v) is 6.63. The first-order chi connectivity index (χ1) is 12.1. The van der Waals surface area contributed by atoms with Crippen molar-refractivity contribution < 1.29 is 4.79 Å². The molecule has 2 heterocycles. The quantitative estimate of drug-likeness (QED) is 0.840. The summed E-state index contributed by atoms with van der Waals surface area (Å²) in [5.41, 5.74) is 2.27. The summed E-state index contributed by atoms with van der Waals surface area (Å²) in [7, 11) is 0. The molecular weight excluding hydrogens is 314 g/mol. The minimum absolute atomic E-state index is 0.0253. The molecule has 1 aliphatic heterocycles. The first-order valence-corrected chi connectivity index (χ1v) is 8.95. The average molecular weight is 341 g/mol. The van der Waals surface area contributed by atoms with Crippen LogP contribution in [0.1, 0.15) is 24.4 Å². The van der Waals surface area contributed by atoms with Crippen molar-refractivity contribution >= 4 is 11.6 Å². The van der Waals surface area contributed by atoms with Crippen molar-refractivity contribution in [1.82, 2.24) is 20.2 Å². The van der Waals surface area contributed by atoms with E-state index in [2.05, 4.69) is 49.4 Å². The largest absolute Gasteiger partial charge is 0.369 e. The lowest BCUT2D eigenvalue weighted by Gasteiger charge is -2.36. The Hall–Kier alpha value is -2.34. The summed E-state index contributed by atoms with van der Waals surface area (Å²) in [6.07, 6.45) is 1.76. The zero-order chi connectivity index (χ0) is 17.6. The summed E-state index contributed by atoms with van der Waals surface area (Å²) in [4.78, 5) is 24.4. The van der Waals surface area contributed by atoms with Crippen molar-refractivity contribution in [1.29, 1.82) is 0 Å². The van der Waals surface area contributed by atoms with E-state index in [9.17, 15) is 4.79 Å². The van der Waals surface area contributed by atoms with Gasteiger partial charge in [-0.3, -0.25) is 9.69 Å². The Kier molecular flexibility index (Phi) is 5.71.